The molecule has 3 rings (SSSR count). The molecular weight excluding hydrogens is 214 g/mol. The molecule has 1 nitrogen and oxygen atoms in total. The van der Waals surface area contributed by atoms with Gasteiger partial charge in [-0.05, 0) is 37.6 Å². The monoisotopic (exact) mass is 227 g/mol. The molecule has 0 saturated carbocycles. The highest BCUT2D eigenvalue weighted by Gasteiger charge is 2.07. The topological polar surface area (TPSA) is 4.93 Å². The smallest absolute Gasteiger partial charge is 0.0997 e. The average Bonchev–Trinajstić information content (AvgIpc) is 2.84. The van der Waals surface area contributed by atoms with Gasteiger partial charge < -0.3 is 4.57 Å². The number of nitrogens with zero attached hydrogens (tertiary/aromatic N) is 1. The number of hydrogen-bond donors (Lipinski definition) is 0. The number of para-hydroxylation sites is 1. The van der Waals surface area contributed by atoms with Crippen LogP contribution in [-0.4, -0.2) is 4.57 Å². The van der Waals surface area contributed by atoms with Crippen molar-refractivity contribution in [3.63, 3.8) is 0 Å². The Kier molecular flexibility index (Phi) is 2.11. The largest absolute Gasteiger partial charge is 0.308 e. The summed E-state index contributed by atoms with van der Waals surface area (Å²) in [7, 11) is 0. The third kappa shape index (κ3) is 1.38. The first-order valence-corrected chi connectivity index (χ1v) is 6.21. The van der Waals surface area contributed by atoms with Crippen molar-refractivity contribution in [1.82, 2.24) is 4.57 Å². The number of aromatic nitrogens is 1. The fraction of sp³-hybridized carbons (Fsp3) is 0.143. The Labute approximate surface area is 99.0 Å². The first kappa shape index (κ1) is 9.67. The van der Waals surface area contributed by atoms with Gasteiger partial charge in [-0.1, -0.05) is 18.2 Å². The van der Waals surface area contributed by atoms with Crippen molar-refractivity contribution >= 4 is 22.2 Å². The highest BCUT2D eigenvalue weighted by atomic mass is 32.1. The zero-order valence-electron chi connectivity index (χ0n) is 9.40. The second-order valence-electron chi connectivity index (χ2n) is 4.08. The van der Waals surface area contributed by atoms with Crippen LogP contribution in [0, 0.1) is 13.8 Å². The SMILES string of the molecule is Cc1ccc(-n2cc(C)c3ccccc32)s1. The van der Waals surface area contributed by atoms with E-state index in [0.717, 1.165) is 0 Å². The average molecular weight is 227 g/mol. The van der Waals surface area contributed by atoms with E-state index in [2.05, 4.69) is 61.0 Å². The molecular formula is C14H13NS. The van der Waals surface area contributed by atoms with Crippen LogP contribution in [-0.2, 0) is 0 Å². The molecule has 0 radical (unpaired) electrons. The van der Waals surface area contributed by atoms with Crippen molar-refractivity contribution in [3.05, 3.63) is 53.0 Å². The van der Waals surface area contributed by atoms with E-state index in [1.54, 1.807) is 0 Å². The minimum atomic E-state index is 1.29. The van der Waals surface area contributed by atoms with E-state index in [0.29, 0.717) is 0 Å². The van der Waals surface area contributed by atoms with Crippen molar-refractivity contribution in [3.8, 4) is 5.00 Å². The van der Waals surface area contributed by atoms with Crippen LogP contribution in [0.2, 0.25) is 0 Å². The summed E-state index contributed by atoms with van der Waals surface area (Å²) in [5.74, 6) is 0. The van der Waals surface area contributed by atoms with Crippen LogP contribution in [0.4, 0.5) is 0 Å². The lowest BCUT2D eigenvalue weighted by molar-refractivity contribution is 1.15. The highest BCUT2D eigenvalue weighted by Crippen LogP contribution is 2.27. The normalized spacial score (nSPS) is 11.1. The van der Waals surface area contributed by atoms with Gasteiger partial charge in [0.2, 0.25) is 0 Å². The van der Waals surface area contributed by atoms with Gasteiger partial charge in [0.1, 0.15) is 0 Å². The lowest BCUT2D eigenvalue weighted by Gasteiger charge is -2.00. The number of benzene rings is 1. The number of hydrogen-bond acceptors (Lipinski definition) is 1. The molecule has 0 saturated heterocycles. The summed E-state index contributed by atoms with van der Waals surface area (Å²) in [5, 5.41) is 2.63. The Bertz CT molecular complexity index is 646. The van der Waals surface area contributed by atoms with Crippen LogP contribution in [0.1, 0.15) is 10.4 Å². The quantitative estimate of drug-likeness (QED) is 0.584. The van der Waals surface area contributed by atoms with Gasteiger partial charge in [-0.15, -0.1) is 11.3 Å². The molecule has 0 spiro atoms. The van der Waals surface area contributed by atoms with E-state index >= 15 is 0 Å². The molecule has 0 aliphatic rings. The lowest BCUT2D eigenvalue weighted by atomic mass is 10.2. The maximum atomic E-state index is 2.28. The number of fused-ring (bicyclic) bond motifs is 1. The lowest BCUT2D eigenvalue weighted by Crippen LogP contribution is -1.86. The van der Waals surface area contributed by atoms with Crippen LogP contribution >= 0.6 is 11.3 Å². The van der Waals surface area contributed by atoms with Crippen molar-refractivity contribution in [1.29, 1.82) is 0 Å². The van der Waals surface area contributed by atoms with Crippen LogP contribution in [0.3, 0.4) is 0 Å². The van der Waals surface area contributed by atoms with Gasteiger partial charge in [-0.2, -0.15) is 0 Å². The predicted octanol–water partition coefficient (Wildman–Crippen LogP) is 4.31. The minimum Gasteiger partial charge on any atom is -0.308 e. The van der Waals surface area contributed by atoms with Gasteiger partial charge in [0.15, 0.2) is 0 Å². The fourth-order valence-electron chi connectivity index (χ4n) is 2.08. The molecule has 2 aromatic heterocycles. The maximum Gasteiger partial charge on any atom is 0.0997 e. The molecule has 0 atom stereocenters. The maximum absolute atomic E-state index is 2.28. The molecule has 0 fully saturated rings. The zero-order chi connectivity index (χ0) is 11.1. The molecule has 1 aromatic carbocycles. The van der Waals surface area contributed by atoms with E-state index in [4.69, 9.17) is 0 Å². The Morgan fingerprint density at radius 2 is 1.81 bits per heavy atom. The van der Waals surface area contributed by atoms with Crippen LogP contribution in [0.5, 0.6) is 0 Å². The van der Waals surface area contributed by atoms with E-state index in [1.165, 1.54) is 26.3 Å². The van der Waals surface area contributed by atoms with Crippen molar-refractivity contribution in [2.45, 2.75) is 13.8 Å². The summed E-state index contributed by atoms with van der Waals surface area (Å²) in [4.78, 5) is 1.35. The van der Waals surface area contributed by atoms with E-state index in [1.807, 2.05) is 11.3 Å². The van der Waals surface area contributed by atoms with Crippen molar-refractivity contribution in [2.75, 3.05) is 0 Å². The van der Waals surface area contributed by atoms with Crippen molar-refractivity contribution < 1.29 is 0 Å². The summed E-state index contributed by atoms with van der Waals surface area (Å²) in [5.41, 5.74) is 2.63. The molecule has 80 valence electrons. The molecule has 3 aromatic rings. The molecule has 0 amide bonds. The molecule has 0 unspecified atom stereocenters. The zero-order valence-corrected chi connectivity index (χ0v) is 10.2. The van der Waals surface area contributed by atoms with E-state index in [9.17, 15) is 0 Å². The van der Waals surface area contributed by atoms with Gasteiger partial charge in [-0.25, -0.2) is 0 Å². The van der Waals surface area contributed by atoms with Gasteiger partial charge in [-0.3, -0.25) is 0 Å². The molecule has 2 heteroatoms. The summed E-state index contributed by atoms with van der Waals surface area (Å²) in [6.07, 6.45) is 2.22. The van der Waals surface area contributed by atoms with Crippen LogP contribution in [0.25, 0.3) is 15.9 Å². The summed E-state index contributed by atoms with van der Waals surface area (Å²) < 4.78 is 2.28. The van der Waals surface area contributed by atoms with Gasteiger partial charge in [0.25, 0.3) is 0 Å². The Hall–Kier alpha value is -1.54. The second kappa shape index (κ2) is 3.49. The Morgan fingerprint density at radius 3 is 2.56 bits per heavy atom. The number of rotatable bonds is 1. The van der Waals surface area contributed by atoms with Gasteiger partial charge >= 0.3 is 0 Å². The first-order valence-electron chi connectivity index (χ1n) is 5.39. The fourth-order valence-corrected chi connectivity index (χ4v) is 2.93. The Balaban J connectivity index is 2.32. The molecule has 0 bridgehead atoms. The summed E-state index contributed by atoms with van der Waals surface area (Å²) in [6.45, 7) is 4.31. The summed E-state index contributed by atoms with van der Waals surface area (Å²) in [6, 6.07) is 12.9. The van der Waals surface area contributed by atoms with Crippen LogP contribution < -0.4 is 0 Å². The Morgan fingerprint density at radius 1 is 1.00 bits per heavy atom. The third-order valence-corrected chi connectivity index (χ3v) is 3.87. The first-order chi connectivity index (χ1) is 7.75. The number of thiophene rings is 1. The van der Waals surface area contributed by atoms with Gasteiger partial charge in [0, 0.05) is 16.5 Å². The number of aryl methyl sites for hydroxylation is 2. The minimum absolute atomic E-state index is 1.29. The van der Waals surface area contributed by atoms with E-state index in [-0.39, 0.29) is 0 Å². The molecule has 0 N–H and O–H groups in total. The molecule has 16 heavy (non-hydrogen) atoms. The van der Waals surface area contributed by atoms with Crippen LogP contribution in [0.15, 0.2) is 42.6 Å². The third-order valence-electron chi connectivity index (χ3n) is 2.87. The highest BCUT2D eigenvalue weighted by molar-refractivity contribution is 7.14. The molecule has 2 heterocycles. The second-order valence-corrected chi connectivity index (χ2v) is 5.35. The molecule has 0 aliphatic heterocycles. The van der Waals surface area contributed by atoms with Gasteiger partial charge in [0.05, 0.1) is 10.5 Å². The predicted molar refractivity (Wildman–Crippen MR) is 70.6 cm³/mol. The standard InChI is InChI=1S/C14H13NS/c1-10-9-15(14-8-7-11(2)16-14)13-6-4-3-5-12(10)13/h3-9H,1-2H3. The molecule has 0 aliphatic carbocycles. The van der Waals surface area contributed by atoms with E-state index < -0.39 is 0 Å². The summed E-state index contributed by atoms with van der Waals surface area (Å²) >= 11 is 1.83. The van der Waals surface area contributed by atoms with Crippen molar-refractivity contribution in [2.24, 2.45) is 0 Å².